The zero-order chi connectivity index (χ0) is 16.0. The smallest absolute Gasteiger partial charge is 0.250 e. The van der Waals surface area contributed by atoms with Crippen molar-refractivity contribution in [1.82, 2.24) is 9.88 Å². The SMILES string of the molecule is CCn1cc(NC(=O)CNC(=O)[C@@H](N)C(C)C)ccc1=O. The summed E-state index contributed by atoms with van der Waals surface area (Å²) < 4.78 is 1.48. The van der Waals surface area contributed by atoms with Gasteiger partial charge >= 0.3 is 0 Å². The van der Waals surface area contributed by atoms with Crippen molar-refractivity contribution in [2.24, 2.45) is 11.7 Å². The minimum Gasteiger partial charge on any atom is -0.346 e. The highest BCUT2D eigenvalue weighted by Gasteiger charge is 2.17. The van der Waals surface area contributed by atoms with Crippen LogP contribution in [0.25, 0.3) is 0 Å². The van der Waals surface area contributed by atoms with E-state index < -0.39 is 6.04 Å². The Bertz CT molecular complexity index is 566. The largest absolute Gasteiger partial charge is 0.346 e. The van der Waals surface area contributed by atoms with Gasteiger partial charge in [-0.25, -0.2) is 0 Å². The monoisotopic (exact) mass is 294 g/mol. The molecule has 0 aliphatic carbocycles. The van der Waals surface area contributed by atoms with Crippen LogP contribution >= 0.6 is 0 Å². The fourth-order valence-electron chi connectivity index (χ4n) is 1.65. The molecule has 1 aromatic rings. The van der Waals surface area contributed by atoms with Gasteiger partial charge in [-0.15, -0.1) is 0 Å². The van der Waals surface area contributed by atoms with Crippen molar-refractivity contribution in [3.8, 4) is 0 Å². The number of hydrogen-bond acceptors (Lipinski definition) is 4. The molecular formula is C14H22N4O3. The molecule has 2 amide bonds. The highest BCUT2D eigenvalue weighted by molar-refractivity contribution is 5.95. The van der Waals surface area contributed by atoms with Crippen LogP contribution in [-0.4, -0.2) is 29.0 Å². The van der Waals surface area contributed by atoms with Crippen LogP contribution < -0.4 is 21.9 Å². The molecule has 0 saturated heterocycles. The van der Waals surface area contributed by atoms with Gasteiger partial charge in [0.15, 0.2) is 0 Å². The second-order valence-corrected chi connectivity index (χ2v) is 5.08. The third kappa shape index (κ3) is 5.03. The van der Waals surface area contributed by atoms with Gasteiger partial charge < -0.3 is 20.9 Å². The van der Waals surface area contributed by atoms with Crippen molar-refractivity contribution in [3.63, 3.8) is 0 Å². The number of carbonyl (C=O) groups excluding carboxylic acids is 2. The molecular weight excluding hydrogens is 272 g/mol. The molecule has 7 heteroatoms. The molecule has 1 aromatic heterocycles. The maximum atomic E-state index is 11.7. The van der Waals surface area contributed by atoms with Crippen LogP contribution in [0, 0.1) is 5.92 Å². The van der Waals surface area contributed by atoms with Crippen LogP contribution in [0.1, 0.15) is 20.8 Å². The quantitative estimate of drug-likeness (QED) is 0.681. The average molecular weight is 294 g/mol. The Morgan fingerprint density at radius 1 is 1.33 bits per heavy atom. The third-order valence-corrected chi connectivity index (χ3v) is 3.05. The molecule has 0 fully saturated rings. The third-order valence-electron chi connectivity index (χ3n) is 3.05. The Balaban J connectivity index is 2.55. The number of nitrogens with one attached hydrogen (secondary N) is 2. The van der Waals surface area contributed by atoms with E-state index in [4.69, 9.17) is 5.73 Å². The van der Waals surface area contributed by atoms with Crippen molar-refractivity contribution in [1.29, 1.82) is 0 Å². The van der Waals surface area contributed by atoms with Crippen molar-refractivity contribution in [3.05, 3.63) is 28.7 Å². The van der Waals surface area contributed by atoms with E-state index in [1.54, 1.807) is 6.20 Å². The number of pyridine rings is 1. The summed E-state index contributed by atoms with van der Waals surface area (Å²) in [5, 5.41) is 5.09. The van der Waals surface area contributed by atoms with Gasteiger partial charge in [0.25, 0.3) is 5.56 Å². The number of amides is 2. The van der Waals surface area contributed by atoms with Gasteiger partial charge in [0.2, 0.25) is 11.8 Å². The lowest BCUT2D eigenvalue weighted by molar-refractivity contribution is -0.125. The van der Waals surface area contributed by atoms with Gasteiger partial charge in [-0.3, -0.25) is 14.4 Å². The first-order valence-electron chi connectivity index (χ1n) is 6.88. The van der Waals surface area contributed by atoms with Gasteiger partial charge in [-0.2, -0.15) is 0 Å². The fourth-order valence-corrected chi connectivity index (χ4v) is 1.65. The maximum absolute atomic E-state index is 11.7. The summed E-state index contributed by atoms with van der Waals surface area (Å²) in [5.41, 5.74) is 6.04. The molecule has 0 spiro atoms. The van der Waals surface area contributed by atoms with E-state index in [2.05, 4.69) is 10.6 Å². The van der Waals surface area contributed by atoms with Crippen molar-refractivity contribution < 1.29 is 9.59 Å². The number of rotatable bonds is 6. The van der Waals surface area contributed by atoms with Crippen molar-refractivity contribution >= 4 is 17.5 Å². The molecule has 1 atom stereocenters. The number of anilines is 1. The van der Waals surface area contributed by atoms with Crippen molar-refractivity contribution in [2.75, 3.05) is 11.9 Å². The molecule has 0 saturated carbocycles. The highest BCUT2D eigenvalue weighted by Crippen LogP contribution is 2.03. The Hall–Kier alpha value is -2.15. The summed E-state index contributed by atoms with van der Waals surface area (Å²) in [6.07, 6.45) is 1.56. The van der Waals surface area contributed by atoms with E-state index in [1.165, 1.54) is 16.7 Å². The van der Waals surface area contributed by atoms with Crippen molar-refractivity contribution in [2.45, 2.75) is 33.4 Å². The predicted molar refractivity (Wildman–Crippen MR) is 80.8 cm³/mol. The summed E-state index contributed by atoms with van der Waals surface area (Å²) in [6, 6.07) is 2.26. The Morgan fingerprint density at radius 3 is 2.57 bits per heavy atom. The highest BCUT2D eigenvalue weighted by atomic mass is 16.2. The fraction of sp³-hybridized carbons (Fsp3) is 0.500. The average Bonchev–Trinajstić information content (AvgIpc) is 2.45. The van der Waals surface area contributed by atoms with Crippen LogP contribution in [-0.2, 0) is 16.1 Å². The molecule has 116 valence electrons. The number of aryl methyl sites for hydroxylation is 1. The number of carbonyl (C=O) groups is 2. The lowest BCUT2D eigenvalue weighted by Gasteiger charge is -2.15. The molecule has 1 rings (SSSR count). The van der Waals surface area contributed by atoms with E-state index >= 15 is 0 Å². The molecule has 1 heterocycles. The second kappa shape index (κ2) is 7.58. The number of nitrogens with zero attached hydrogens (tertiary/aromatic N) is 1. The number of aromatic nitrogens is 1. The second-order valence-electron chi connectivity index (χ2n) is 5.08. The molecule has 7 nitrogen and oxygen atoms in total. The zero-order valence-electron chi connectivity index (χ0n) is 12.6. The normalized spacial score (nSPS) is 12.0. The lowest BCUT2D eigenvalue weighted by Crippen LogP contribution is -2.46. The first-order chi connectivity index (χ1) is 9.85. The summed E-state index contributed by atoms with van der Waals surface area (Å²) in [6.45, 7) is 5.85. The molecule has 0 aliphatic rings. The van der Waals surface area contributed by atoms with Crippen LogP contribution in [0.5, 0.6) is 0 Å². The molecule has 0 unspecified atom stereocenters. The molecule has 4 N–H and O–H groups in total. The standard InChI is InChI=1S/C14H22N4O3/c1-4-18-8-10(5-6-12(18)20)17-11(19)7-16-14(21)13(15)9(2)3/h5-6,8-9,13H,4,7,15H2,1-3H3,(H,16,21)(H,17,19)/t13-/m0/s1. The topological polar surface area (TPSA) is 106 Å². The van der Waals surface area contributed by atoms with Gasteiger partial charge in [0.05, 0.1) is 18.3 Å². The van der Waals surface area contributed by atoms with E-state index in [0.29, 0.717) is 12.2 Å². The van der Waals surface area contributed by atoms with Gasteiger partial charge in [0, 0.05) is 18.8 Å². The van der Waals surface area contributed by atoms with E-state index in [1.807, 2.05) is 20.8 Å². The lowest BCUT2D eigenvalue weighted by atomic mass is 10.1. The minimum absolute atomic E-state index is 0.00109. The van der Waals surface area contributed by atoms with Crippen LogP contribution in [0.3, 0.4) is 0 Å². The summed E-state index contributed by atoms with van der Waals surface area (Å²) >= 11 is 0. The number of hydrogen-bond donors (Lipinski definition) is 3. The summed E-state index contributed by atoms with van der Waals surface area (Å²) in [5.74, 6) is -0.736. The summed E-state index contributed by atoms with van der Waals surface area (Å²) in [7, 11) is 0. The van der Waals surface area contributed by atoms with Crippen LogP contribution in [0.15, 0.2) is 23.1 Å². The molecule has 0 aromatic carbocycles. The maximum Gasteiger partial charge on any atom is 0.250 e. The molecule has 21 heavy (non-hydrogen) atoms. The van der Waals surface area contributed by atoms with E-state index in [-0.39, 0.29) is 29.8 Å². The van der Waals surface area contributed by atoms with E-state index in [0.717, 1.165) is 0 Å². The zero-order valence-corrected chi connectivity index (χ0v) is 12.6. The van der Waals surface area contributed by atoms with Crippen LogP contribution in [0.4, 0.5) is 5.69 Å². The molecule has 0 radical (unpaired) electrons. The first-order valence-corrected chi connectivity index (χ1v) is 6.88. The predicted octanol–water partition coefficient (Wildman–Crippen LogP) is -0.0938. The Labute approximate surface area is 123 Å². The number of nitrogens with two attached hydrogens (primary N) is 1. The Morgan fingerprint density at radius 2 is 2.00 bits per heavy atom. The van der Waals surface area contributed by atoms with Gasteiger partial charge in [-0.1, -0.05) is 13.8 Å². The first kappa shape index (κ1) is 16.9. The minimum atomic E-state index is -0.639. The Kier molecular flexibility index (Phi) is 6.10. The van der Waals surface area contributed by atoms with Crippen LogP contribution in [0.2, 0.25) is 0 Å². The molecule has 0 bridgehead atoms. The molecule has 0 aliphatic heterocycles. The van der Waals surface area contributed by atoms with Gasteiger partial charge in [-0.05, 0) is 18.9 Å². The summed E-state index contributed by atoms with van der Waals surface area (Å²) in [4.78, 5) is 34.8. The van der Waals surface area contributed by atoms with E-state index in [9.17, 15) is 14.4 Å². The van der Waals surface area contributed by atoms with Gasteiger partial charge in [0.1, 0.15) is 0 Å².